The van der Waals surface area contributed by atoms with Crippen molar-refractivity contribution in [1.29, 1.82) is 0 Å². The minimum Gasteiger partial charge on any atom is -0.147 e. The maximum absolute atomic E-state index is 3.94. The third kappa shape index (κ3) is 9.57. The van der Waals surface area contributed by atoms with Gasteiger partial charge in [0.15, 0.2) is 0 Å². The third-order valence-corrected chi connectivity index (χ3v) is 32.8. The average molecular weight is 911 g/mol. The first-order chi connectivity index (χ1) is 27.0. The van der Waals surface area contributed by atoms with Crippen LogP contribution in [0.1, 0.15) is 159 Å². The largest absolute Gasteiger partial charge is 0.147 e. The number of halogens is 2. The van der Waals surface area contributed by atoms with Crippen LogP contribution in [0.5, 0.6) is 0 Å². The smallest absolute Gasteiger partial charge is 0.147 e. The topological polar surface area (TPSA) is 0 Å². The molecule has 0 amide bonds. The predicted molar refractivity (Wildman–Crippen MR) is 259 cm³/mol. The number of allylic oxidation sites excluding steroid dienone is 2. The summed E-state index contributed by atoms with van der Waals surface area (Å²) in [5.74, 6) is 0. The molecule has 4 aliphatic carbocycles. The zero-order chi connectivity index (χ0) is 38.8. The Morgan fingerprint density at radius 3 is 1.14 bits per heavy atom. The summed E-state index contributed by atoms with van der Waals surface area (Å²) in [7, 11) is 0. The summed E-state index contributed by atoms with van der Waals surface area (Å²) in [5, 5.41) is 0. The van der Waals surface area contributed by atoms with Crippen molar-refractivity contribution in [1.82, 2.24) is 0 Å². The molecule has 0 radical (unpaired) electrons. The molecule has 2 fully saturated rings. The van der Waals surface area contributed by atoms with Gasteiger partial charge in [0, 0.05) is 0 Å². The van der Waals surface area contributed by atoms with Crippen LogP contribution >= 0.6 is 24.8 Å². The van der Waals surface area contributed by atoms with E-state index in [4.69, 9.17) is 0 Å². The summed E-state index contributed by atoms with van der Waals surface area (Å²) in [6, 6.07) is 37.4. The number of fused-ring (bicyclic) bond motifs is 2. The standard InChI is InChI=1S/2C26H31.2CH3.2ClH.H2Si.Zr/c2*1-26(16-9-4-2-3-5-10-17-26)20-21-18-23-14-11-15-24(25(23)19-21)22-12-7-6-8-13-22;;;;;;/h2*6-8,11-15,18-19H,2-5,9-10,16-17,20H2,1H3;2*1H3;2*1H;1H2;. The van der Waals surface area contributed by atoms with E-state index in [0.29, 0.717) is 18.1 Å². The molecule has 0 aliphatic heterocycles. The van der Waals surface area contributed by atoms with Gasteiger partial charge in [-0.05, 0) is 0 Å². The Labute approximate surface area is 367 Å². The van der Waals surface area contributed by atoms with E-state index < -0.39 is 17.4 Å². The Balaban J connectivity index is 0.00000283. The molecular weight excluding hydrogens is 839 g/mol. The Hall–Kier alpha value is -1.96. The molecule has 310 valence electrons. The molecule has 0 spiro atoms. The Bertz CT molecular complexity index is 1970. The molecule has 4 aliphatic rings. The van der Waals surface area contributed by atoms with Crippen molar-refractivity contribution in [3.8, 4) is 22.3 Å². The van der Waals surface area contributed by atoms with Gasteiger partial charge in [0.2, 0.25) is 0 Å². The number of hydrogen-bond acceptors (Lipinski definition) is 0. The van der Waals surface area contributed by atoms with Gasteiger partial charge in [-0.1, -0.05) is 0 Å². The molecule has 4 aromatic rings. The molecule has 4 heteroatoms. The zero-order valence-corrected chi connectivity index (χ0v) is 41.8. The van der Waals surface area contributed by atoms with Crippen LogP contribution in [0.25, 0.3) is 34.4 Å². The Morgan fingerprint density at radius 2 is 0.793 bits per heavy atom. The van der Waals surface area contributed by atoms with Crippen molar-refractivity contribution in [3.05, 3.63) is 130 Å². The van der Waals surface area contributed by atoms with Gasteiger partial charge in [-0.25, -0.2) is 0 Å². The monoisotopic (exact) mass is 908 g/mol. The normalized spacial score (nSPS) is 22.1. The van der Waals surface area contributed by atoms with Crippen LogP contribution in [-0.2, 0) is 17.4 Å². The van der Waals surface area contributed by atoms with Gasteiger partial charge in [0.05, 0.1) is 0 Å². The van der Waals surface area contributed by atoms with E-state index in [2.05, 4.69) is 139 Å². The first-order valence-electron chi connectivity index (χ1n) is 22.9. The maximum atomic E-state index is 2.92. The second-order valence-corrected chi connectivity index (χ2v) is 51.3. The summed E-state index contributed by atoms with van der Waals surface area (Å²) in [6.07, 6.45) is 30.5. The summed E-state index contributed by atoms with van der Waals surface area (Å²) < 4.78 is 6.90. The quantitative estimate of drug-likeness (QED) is 0.155. The molecule has 0 bridgehead atoms. The van der Waals surface area contributed by atoms with E-state index in [1.165, 1.54) is 149 Å². The molecule has 58 heavy (non-hydrogen) atoms. The van der Waals surface area contributed by atoms with Gasteiger partial charge >= 0.3 is 346 Å². The van der Waals surface area contributed by atoms with Gasteiger partial charge in [0.1, 0.15) is 0 Å². The van der Waals surface area contributed by atoms with Crippen molar-refractivity contribution in [2.45, 2.75) is 146 Å². The zero-order valence-electron chi connectivity index (χ0n) is 36.3. The Kier molecular flexibility index (Phi) is 14.9. The van der Waals surface area contributed by atoms with Gasteiger partial charge in [-0.2, -0.15) is 0 Å². The first kappa shape index (κ1) is 45.6. The van der Waals surface area contributed by atoms with Gasteiger partial charge in [-0.15, -0.1) is 24.8 Å². The van der Waals surface area contributed by atoms with Crippen molar-refractivity contribution in [2.75, 3.05) is 0 Å². The molecule has 0 heterocycles. The van der Waals surface area contributed by atoms with E-state index in [0.717, 1.165) is 0 Å². The van der Waals surface area contributed by atoms with Crippen LogP contribution in [0.15, 0.2) is 108 Å². The van der Waals surface area contributed by atoms with Crippen LogP contribution in [0.2, 0.25) is 9.26 Å². The SMILES string of the molecule is CC1(CC2=Cc3c(-c4ccccc4)cccc3[CH]2[Zr]([CH3])([CH3])(=[SiH2])[CH]2C(CC3(C)CCCCCCCC3)=Cc3c(-c4ccccc4)cccc32)CCCCCCCC1.Cl.Cl. The van der Waals surface area contributed by atoms with E-state index in [1.807, 2.05) is 0 Å². The van der Waals surface area contributed by atoms with Crippen LogP contribution in [0.4, 0.5) is 0 Å². The Morgan fingerprint density at radius 1 is 0.466 bits per heavy atom. The number of rotatable bonds is 8. The van der Waals surface area contributed by atoms with Crippen molar-refractivity contribution < 1.29 is 17.4 Å². The molecular formula is C54H72Cl2SiZr. The molecule has 0 nitrogen and oxygen atoms in total. The van der Waals surface area contributed by atoms with Crippen LogP contribution < -0.4 is 0 Å². The molecule has 2 unspecified atom stereocenters. The molecule has 2 saturated carbocycles. The fourth-order valence-corrected chi connectivity index (χ4v) is 32.3. The summed E-state index contributed by atoms with van der Waals surface area (Å²) in [4.78, 5) is 0. The van der Waals surface area contributed by atoms with Gasteiger partial charge in [-0.3, -0.25) is 0 Å². The maximum Gasteiger partial charge on any atom is -0.147 e. The average Bonchev–Trinajstić information content (AvgIpc) is 3.80. The second kappa shape index (κ2) is 19.0. The van der Waals surface area contributed by atoms with E-state index >= 15 is 0 Å². The molecule has 0 aromatic heterocycles. The predicted octanol–water partition coefficient (Wildman–Crippen LogP) is 16.8. The second-order valence-electron chi connectivity index (χ2n) is 20.8. The third-order valence-electron chi connectivity index (χ3n) is 15.3. The molecule has 2 atom stereocenters. The van der Waals surface area contributed by atoms with Crippen LogP contribution in [-0.4, -0.2) is 6.88 Å². The molecule has 8 rings (SSSR count). The van der Waals surface area contributed by atoms with Crippen LogP contribution in [0.3, 0.4) is 0 Å². The minimum absolute atomic E-state index is 0. The molecule has 0 N–H and O–H groups in total. The van der Waals surface area contributed by atoms with E-state index in [-0.39, 0.29) is 24.8 Å². The summed E-state index contributed by atoms with van der Waals surface area (Å²) >= 11 is -3.94. The van der Waals surface area contributed by atoms with Crippen molar-refractivity contribution in [3.63, 3.8) is 0 Å². The van der Waals surface area contributed by atoms with Crippen molar-refractivity contribution in [2.24, 2.45) is 10.8 Å². The minimum atomic E-state index is -3.94. The fourth-order valence-electron chi connectivity index (χ4n) is 12.6. The van der Waals surface area contributed by atoms with Gasteiger partial charge < -0.3 is 0 Å². The van der Waals surface area contributed by atoms with Gasteiger partial charge in [0.25, 0.3) is 0 Å². The summed E-state index contributed by atoms with van der Waals surface area (Å²) in [5.41, 5.74) is 16.3. The number of benzene rings is 4. The van der Waals surface area contributed by atoms with E-state index in [1.54, 1.807) is 22.3 Å². The van der Waals surface area contributed by atoms with Crippen LogP contribution in [0, 0.1) is 10.8 Å². The molecule has 4 aromatic carbocycles. The van der Waals surface area contributed by atoms with E-state index in [9.17, 15) is 0 Å². The number of hydrogen-bond donors (Lipinski definition) is 0. The summed E-state index contributed by atoms with van der Waals surface area (Å²) in [6.45, 7) is 7.95. The van der Waals surface area contributed by atoms with Crippen molar-refractivity contribution >= 4 is 43.8 Å². The molecule has 0 saturated heterocycles. The first-order valence-corrected chi connectivity index (χ1v) is 36.6. The fraction of sp³-hybridized carbons (Fsp3) is 0.481.